The Labute approximate surface area is 67.3 Å². The van der Waals surface area contributed by atoms with Crippen LogP contribution in [0, 0.1) is 5.95 Å². The summed E-state index contributed by atoms with van der Waals surface area (Å²) in [5.41, 5.74) is 0.402. The molecule has 0 amide bonds. The molecule has 0 aliphatic carbocycles. The SMILES string of the molecule is OCc1nnc2cccc(F)n12. The Balaban J connectivity index is 2.83. The standard InChI is InChI=1S/C7H6FN3O/c8-5-2-1-3-6-9-10-7(4-12)11(5)6/h1-3,12H,4H2. The van der Waals surface area contributed by atoms with E-state index in [1.165, 1.54) is 10.5 Å². The topological polar surface area (TPSA) is 50.4 Å². The average Bonchev–Trinajstić information content (AvgIpc) is 2.49. The van der Waals surface area contributed by atoms with Gasteiger partial charge in [0.1, 0.15) is 6.61 Å². The van der Waals surface area contributed by atoms with Gasteiger partial charge in [0.25, 0.3) is 0 Å². The zero-order chi connectivity index (χ0) is 8.55. The summed E-state index contributed by atoms with van der Waals surface area (Å²) >= 11 is 0. The zero-order valence-electron chi connectivity index (χ0n) is 6.11. The van der Waals surface area contributed by atoms with Gasteiger partial charge in [-0.3, -0.25) is 4.40 Å². The van der Waals surface area contributed by atoms with E-state index in [9.17, 15) is 4.39 Å². The monoisotopic (exact) mass is 167 g/mol. The highest BCUT2D eigenvalue weighted by Gasteiger charge is 2.06. The molecule has 1 N–H and O–H groups in total. The third kappa shape index (κ3) is 0.868. The first-order valence-corrected chi connectivity index (χ1v) is 3.42. The summed E-state index contributed by atoms with van der Waals surface area (Å²) in [7, 11) is 0. The van der Waals surface area contributed by atoms with E-state index in [0.29, 0.717) is 5.65 Å². The first-order valence-electron chi connectivity index (χ1n) is 3.42. The van der Waals surface area contributed by atoms with Crippen LogP contribution in [-0.2, 0) is 6.61 Å². The van der Waals surface area contributed by atoms with E-state index in [2.05, 4.69) is 10.2 Å². The molecule has 2 aromatic rings. The summed E-state index contributed by atoms with van der Waals surface area (Å²) in [6, 6.07) is 4.45. The number of aliphatic hydroxyl groups excluding tert-OH is 1. The van der Waals surface area contributed by atoms with Crippen LogP contribution < -0.4 is 0 Å². The minimum atomic E-state index is -0.471. The Hall–Kier alpha value is -1.49. The zero-order valence-corrected chi connectivity index (χ0v) is 6.11. The van der Waals surface area contributed by atoms with Gasteiger partial charge < -0.3 is 5.11 Å². The van der Waals surface area contributed by atoms with Crippen LogP contribution in [0.2, 0.25) is 0 Å². The molecule has 2 heterocycles. The number of fused-ring (bicyclic) bond motifs is 1. The number of pyridine rings is 1. The van der Waals surface area contributed by atoms with Gasteiger partial charge in [0.15, 0.2) is 11.5 Å². The summed E-state index contributed by atoms with van der Waals surface area (Å²) < 4.78 is 14.2. The van der Waals surface area contributed by atoms with Crippen LogP contribution in [0.15, 0.2) is 18.2 Å². The summed E-state index contributed by atoms with van der Waals surface area (Å²) in [6.07, 6.45) is 0. The van der Waals surface area contributed by atoms with E-state index >= 15 is 0 Å². The van der Waals surface area contributed by atoms with Crippen molar-refractivity contribution < 1.29 is 9.50 Å². The predicted octanol–water partition coefficient (Wildman–Crippen LogP) is 0.361. The van der Waals surface area contributed by atoms with Crippen molar-refractivity contribution in [2.45, 2.75) is 6.61 Å². The maximum absolute atomic E-state index is 13.0. The van der Waals surface area contributed by atoms with Gasteiger partial charge in [0.2, 0.25) is 5.95 Å². The lowest BCUT2D eigenvalue weighted by atomic mass is 10.4. The second-order valence-corrected chi connectivity index (χ2v) is 2.32. The molecule has 0 aliphatic heterocycles. The predicted molar refractivity (Wildman–Crippen MR) is 38.9 cm³/mol. The maximum atomic E-state index is 13.0. The molecule has 0 saturated carbocycles. The van der Waals surface area contributed by atoms with Crippen LogP contribution >= 0.6 is 0 Å². The van der Waals surface area contributed by atoms with Crippen molar-refractivity contribution in [2.24, 2.45) is 0 Å². The fraction of sp³-hybridized carbons (Fsp3) is 0.143. The molecule has 62 valence electrons. The van der Waals surface area contributed by atoms with E-state index in [1.807, 2.05) is 0 Å². The van der Waals surface area contributed by atoms with Crippen LogP contribution in [0.5, 0.6) is 0 Å². The lowest BCUT2D eigenvalue weighted by molar-refractivity contribution is 0.267. The number of hydrogen-bond acceptors (Lipinski definition) is 3. The van der Waals surface area contributed by atoms with Crippen molar-refractivity contribution in [3.05, 3.63) is 30.0 Å². The first kappa shape index (κ1) is 7.17. The molecule has 2 aromatic heterocycles. The molecule has 5 heteroatoms. The van der Waals surface area contributed by atoms with Crippen molar-refractivity contribution in [3.63, 3.8) is 0 Å². The molecular weight excluding hydrogens is 161 g/mol. The minimum absolute atomic E-state index is 0.211. The maximum Gasteiger partial charge on any atom is 0.200 e. The van der Waals surface area contributed by atoms with Crippen LogP contribution in [0.4, 0.5) is 4.39 Å². The molecule has 4 nitrogen and oxygen atoms in total. The van der Waals surface area contributed by atoms with E-state index in [-0.39, 0.29) is 12.4 Å². The Kier molecular flexibility index (Phi) is 1.51. The van der Waals surface area contributed by atoms with Gasteiger partial charge >= 0.3 is 0 Å². The minimum Gasteiger partial charge on any atom is -0.388 e. The Bertz CT molecular complexity index is 412. The van der Waals surface area contributed by atoms with E-state index in [1.54, 1.807) is 12.1 Å². The van der Waals surface area contributed by atoms with Gasteiger partial charge in [0.05, 0.1) is 0 Å². The molecular formula is C7H6FN3O. The van der Waals surface area contributed by atoms with E-state index in [0.717, 1.165) is 0 Å². The van der Waals surface area contributed by atoms with Crippen molar-refractivity contribution in [1.29, 1.82) is 0 Å². The van der Waals surface area contributed by atoms with Gasteiger partial charge in [0, 0.05) is 0 Å². The van der Waals surface area contributed by atoms with Crippen LogP contribution in [0.1, 0.15) is 5.82 Å². The highest BCUT2D eigenvalue weighted by Crippen LogP contribution is 2.06. The molecule has 12 heavy (non-hydrogen) atoms. The smallest absolute Gasteiger partial charge is 0.200 e. The molecule has 0 unspecified atom stereocenters. The Morgan fingerprint density at radius 2 is 2.25 bits per heavy atom. The second kappa shape index (κ2) is 2.53. The number of halogens is 1. The molecule has 0 fully saturated rings. The molecule has 0 atom stereocenters. The third-order valence-electron chi connectivity index (χ3n) is 1.59. The normalized spacial score (nSPS) is 10.8. The lowest BCUT2D eigenvalue weighted by Crippen LogP contribution is -1.98. The second-order valence-electron chi connectivity index (χ2n) is 2.32. The summed E-state index contributed by atoms with van der Waals surface area (Å²) in [5, 5.41) is 16.0. The average molecular weight is 167 g/mol. The number of aliphatic hydroxyl groups is 1. The van der Waals surface area contributed by atoms with Gasteiger partial charge in [-0.05, 0) is 12.1 Å². The number of rotatable bonds is 1. The van der Waals surface area contributed by atoms with Gasteiger partial charge in [-0.1, -0.05) is 6.07 Å². The Morgan fingerprint density at radius 1 is 1.42 bits per heavy atom. The van der Waals surface area contributed by atoms with Gasteiger partial charge in [-0.2, -0.15) is 4.39 Å². The summed E-state index contributed by atoms with van der Waals surface area (Å²) in [5.74, 6) is -0.260. The van der Waals surface area contributed by atoms with Gasteiger partial charge in [-0.25, -0.2) is 0 Å². The number of hydrogen-bond donors (Lipinski definition) is 1. The quantitative estimate of drug-likeness (QED) is 0.624. The van der Waals surface area contributed by atoms with Crippen molar-refractivity contribution in [3.8, 4) is 0 Å². The highest BCUT2D eigenvalue weighted by atomic mass is 19.1. The first-order chi connectivity index (χ1) is 5.83. The summed E-state index contributed by atoms with van der Waals surface area (Å²) in [6.45, 7) is -0.317. The van der Waals surface area contributed by atoms with Crippen LogP contribution in [0.25, 0.3) is 5.65 Å². The third-order valence-corrected chi connectivity index (χ3v) is 1.59. The Morgan fingerprint density at radius 3 is 3.00 bits per heavy atom. The summed E-state index contributed by atoms with van der Waals surface area (Å²) in [4.78, 5) is 0. The molecule has 2 rings (SSSR count). The molecule has 0 saturated heterocycles. The van der Waals surface area contributed by atoms with Crippen molar-refractivity contribution in [1.82, 2.24) is 14.6 Å². The van der Waals surface area contributed by atoms with E-state index < -0.39 is 5.95 Å². The van der Waals surface area contributed by atoms with Crippen LogP contribution in [0.3, 0.4) is 0 Å². The molecule has 0 bridgehead atoms. The van der Waals surface area contributed by atoms with Crippen molar-refractivity contribution in [2.75, 3.05) is 0 Å². The number of aromatic nitrogens is 3. The largest absolute Gasteiger partial charge is 0.388 e. The molecule has 0 radical (unpaired) electrons. The van der Waals surface area contributed by atoms with Crippen molar-refractivity contribution >= 4 is 5.65 Å². The van der Waals surface area contributed by atoms with E-state index in [4.69, 9.17) is 5.11 Å². The molecule has 0 aliphatic rings. The molecule has 0 spiro atoms. The number of nitrogens with zero attached hydrogens (tertiary/aromatic N) is 3. The fourth-order valence-corrected chi connectivity index (χ4v) is 1.06. The molecule has 0 aromatic carbocycles. The van der Waals surface area contributed by atoms with Gasteiger partial charge in [-0.15, -0.1) is 10.2 Å². The fourth-order valence-electron chi connectivity index (χ4n) is 1.06. The highest BCUT2D eigenvalue weighted by molar-refractivity contribution is 5.37. The lowest BCUT2D eigenvalue weighted by Gasteiger charge is -1.96. The van der Waals surface area contributed by atoms with Crippen LogP contribution in [-0.4, -0.2) is 19.7 Å².